The van der Waals surface area contributed by atoms with E-state index in [-0.39, 0.29) is 31.0 Å². The maximum atomic E-state index is 12.1. The van der Waals surface area contributed by atoms with E-state index in [9.17, 15) is 4.79 Å². The molecule has 1 amide bonds. The van der Waals surface area contributed by atoms with Crippen LogP contribution in [-0.2, 0) is 0 Å². The van der Waals surface area contributed by atoms with Gasteiger partial charge in [0.1, 0.15) is 11.5 Å². The molecule has 1 aromatic rings. The van der Waals surface area contributed by atoms with Crippen molar-refractivity contribution < 1.29 is 9.90 Å². The van der Waals surface area contributed by atoms with Crippen molar-refractivity contribution in [3.8, 4) is 0 Å². The van der Waals surface area contributed by atoms with Crippen LogP contribution in [0.25, 0.3) is 0 Å². The van der Waals surface area contributed by atoms with Gasteiger partial charge in [0, 0.05) is 12.6 Å². The van der Waals surface area contributed by atoms with Gasteiger partial charge < -0.3 is 15.7 Å². The zero-order valence-electron chi connectivity index (χ0n) is 9.37. The number of amides is 1. The van der Waals surface area contributed by atoms with Crippen molar-refractivity contribution in [1.82, 2.24) is 9.88 Å². The van der Waals surface area contributed by atoms with Crippen molar-refractivity contribution >= 4 is 24.1 Å². The average Bonchev–Trinajstić information content (AvgIpc) is 3.09. The van der Waals surface area contributed by atoms with Crippen LogP contribution in [0.2, 0.25) is 0 Å². The number of aromatic nitrogens is 1. The minimum atomic E-state index is -0.149. The fourth-order valence-electron chi connectivity index (χ4n) is 1.66. The highest BCUT2D eigenvalue weighted by Gasteiger charge is 2.33. The number of anilines is 1. The third-order valence-electron chi connectivity index (χ3n) is 2.58. The van der Waals surface area contributed by atoms with Crippen molar-refractivity contribution in [2.45, 2.75) is 18.9 Å². The third kappa shape index (κ3) is 3.31. The van der Waals surface area contributed by atoms with Crippen LogP contribution in [0.15, 0.2) is 18.2 Å². The third-order valence-corrected chi connectivity index (χ3v) is 2.58. The van der Waals surface area contributed by atoms with Gasteiger partial charge >= 0.3 is 0 Å². The summed E-state index contributed by atoms with van der Waals surface area (Å²) in [6.45, 7) is 0.338. The molecule has 1 aromatic heterocycles. The van der Waals surface area contributed by atoms with Gasteiger partial charge in [0.05, 0.1) is 6.61 Å². The van der Waals surface area contributed by atoms with Gasteiger partial charge in [0.15, 0.2) is 0 Å². The number of hydrogen-bond acceptors (Lipinski definition) is 4. The molecular weight excluding hydrogens is 242 g/mol. The average molecular weight is 258 g/mol. The van der Waals surface area contributed by atoms with E-state index in [0.29, 0.717) is 18.1 Å². The van der Waals surface area contributed by atoms with E-state index < -0.39 is 0 Å². The van der Waals surface area contributed by atoms with Crippen LogP contribution in [-0.4, -0.2) is 40.1 Å². The maximum Gasteiger partial charge on any atom is 0.272 e. The Morgan fingerprint density at radius 1 is 1.53 bits per heavy atom. The van der Waals surface area contributed by atoms with E-state index in [0.717, 1.165) is 12.8 Å². The molecule has 94 valence electrons. The minimum absolute atomic E-state index is 0. The van der Waals surface area contributed by atoms with Gasteiger partial charge in [0.2, 0.25) is 0 Å². The Morgan fingerprint density at radius 2 is 2.24 bits per heavy atom. The van der Waals surface area contributed by atoms with Crippen molar-refractivity contribution in [2.75, 3.05) is 18.9 Å². The first kappa shape index (κ1) is 13.7. The van der Waals surface area contributed by atoms with Gasteiger partial charge in [-0.05, 0) is 25.0 Å². The first-order valence-electron chi connectivity index (χ1n) is 5.36. The summed E-state index contributed by atoms with van der Waals surface area (Å²) in [5.74, 6) is 0.189. The topological polar surface area (TPSA) is 79.5 Å². The molecule has 2 rings (SSSR count). The van der Waals surface area contributed by atoms with Gasteiger partial charge in [-0.2, -0.15) is 0 Å². The first-order valence-corrected chi connectivity index (χ1v) is 5.36. The van der Waals surface area contributed by atoms with E-state index in [4.69, 9.17) is 10.8 Å². The lowest BCUT2D eigenvalue weighted by molar-refractivity contribution is 0.0702. The maximum absolute atomic E-state index is 12.1. The van der Waals surface area contributed by atoms with Crippen LogP contribution < -0.4 is 5.73 Å². The van der Waals surface area contributed by atoms with Gasteiger partial charge in [-0.3, -0.25) is 4.79 Å². The normalized spacial score (nSPS) is 13.9. The molecule has 1 aliphatic rings. The molecule has 1 fully saturated rings. The minimum Gasteiger partial charge on any atom is -0.395 e. The molecule has 17 heavy (non-hydrogen) atoms. The number of carbonyl (C=O) groups is 1. The highest BCUT2D eigenvalue weighted by molar-refractivity contribution is 5.93. The molecular formula is C11H16ClN3O2. The molecule has 5 nitrogen and oxygen atoms in total. The van der Waals surface area contributed by atoms with Crippen LogP contribution in [0.4, 0.5) is 5.82 Å². The lowest BCUT2D eigenvalue weighted by Gasteiger charge is -2.20. The van der Waals surface area contributed by atoms with Gasteiger partial charge in [0.25, 0.3) is 5.91 Å². The second-order valence-electron chi connectivity index (χ2n) is 3.90. The van der Waals surface area contributed by atoms with E-state index in [1.165, 1.54) is 0 Å². The largest absolute Gasteiger partial charge is 0.395 e. The molecule has 0 saturated heterocycles. The number of halogens is 1. The predicted molar refractivity (Wildman–Crippen MR) is 67.0 cm³/mol. The predicted octanol–water partition coefficient (Wildman–Crippen LogP) is 0.682. The zero-order chi connectivity index (χ0) is 11.5. The second kappa shape index (κ2) is 5.84. The molecule has 0 spiro atoms. The fraction of sp³-hybridized carbons (Fsp3) is 0.455. The van der Waals surface area contributed by atoms with E-state index in [2.05, 4.69) is 4.98 Å². The van der Waals surface area contributed by atoms with Gasteiger partial charge in [-0.25, -0.2) is 4.98 Å². The van der Waals surface area contributed by atoms with Crippen molar-refractivity contribution in [1.29, 1.82) is 0 Å². The first-order chi connectivity index (χ1) is 7.72. The molecule has 1 saturated carbocycles. The summed E-state index contributed by atoms with van der Waals surface area (Å²) in [6.07, 6.45) is 2.02. The smallest absolute Gasteiger partial charge is 0.272 e. The Bertz CT molecular complexity index is 396. The summed E-state index contributed by atoms with van der Waals surface area (Å²) in [5, 5.41) is 8.92. The van der Waals surface area contributed by atoms with Crippen LogP contribution in [0.5, 0.6) is 0 Å². The molecule has 0 bridgehead atoms. The summed E-state index contributed by atoms with van der Waals surface area (Å²) in [4.78, 5) is 17.7. The molecule has 1 aliphatic carbocycles. The Hall–Kier alpha value is -1.33. The van der Waals surface area contributed by atoms with Crippen LogP contribution >= 0.6 is 12.4 Å². The summed E-state index contributed by atoms with van der Waals surface area (Å²) >= 11 is 0. The number of hydrogen-bond donors (Lipinski definition) is 2. The second-order valence-corrected chi connectivity index (χ2v) is 3.90. The number of nitrogen functional groups attached to an aromatic ring is 1. The molecule has 0 aromatic carbocycles. The van der Waals surface area contributed by atoms with E-state index in [1.807, 2.05) is 0 Å². The van der Waals surface area contributed by atoms with Crippen molar-refractivity contribution in [3.63, 3.8) is 0 Å². The zero-order valence-corrected chi connectivity index (χ0v) is 10.2. The van der Waals surface area contributed by atoms with Crippen LogP contribution in [0.3, 0.4) is 0 Å². The lowest BCUT2D eigenvalue weighted by atomic mass is 10.3. The molecule has 3 N–H and O–H groups in total. The molecule has 0 aliphatic heterocycles. The van der Waals surface area contributed by atoms with Crippen LogP contribution in [0, 0.1) is 0 Å². The number of nitrogens with zero attached hydrogens (tertiary/aromatic N) is 2. The molecule has 1 heterocycles. The molecule has 0 radical (unpaired) electrons. The van der Waals surface area contributed by atoms with E-state index >= 15 is 0 Å². The summed E-state index contributed by atoms with van der Waals surface area (Å²) in [5.41, 5.74) is 5.88. The SMILES string of the molecule is Cl.Nc1cccc(C(=O)N(CCO)C2CC2)n1. The summed E-state index contributed by atoms with van der Waals surface area (Å²) in [7, 11) is 0. The van der Waals surface area contributed by atoms with Gasteiger partial charge in [-0.1, -0.05) is 6.07 Å². The molecule has 0 unspecified atom stereocenters. The number of rotatable bonds is 4. The van der Waals surface area contributed by atoms with Gasteiger partial charge in [-0.15, -0.1) is 12.4 Å². The molecule has 6 heteroatoms. The Labute approximate surface area is 106 Å². The number of nitrogens with two attached hydrogens (primary N) is 1. The number of carbonyl (C=O) groups excluding carboxylic acids is 1. The Balaban J connectivity index is 0.00000144. The summed E-state index contributed by atoms with van der Waals surface area (Å²) < 4.78 is 0. The summed E-state index contributed by atoms with van der Waals surface area (Å²) in [6, 6.07) is 5.26. The van der Waals surface area contributed by atoms with Crippen LogP contribution in [0.1, 0.15) is 23.3 Å². The number of aliphatic hydroxyl groups is 1. The number of aliphatic hydroxyl groups excluding tert-OH is 1. The highest BCUT2D eigenvalue weighted by Crippen LogP contribution is 2.27. The Morgan fingerprint density at radius 3 is 2.76 bits per heavy atom. The monoisotopic (exact) mass is 257 g/mol. The van der Waals surface area contributed by atoms with Crippen molar-refractivity contribution in [2.24, 2.45) is 0 Å². The fourth-order valence-corrected chi connectivity index (χ4v) is 1.66. The highest BCUT2D eigenvalue weighted by atomic mass is 35.5. The van der Waals surface area contributed by atoms with Crippen molar-refractivity contribution in [3.05, 3.63) is 23.9 Å². The molecule has 0 atom stereocenters. The van der Waals surface area contributed by atoms with E-state index in [1.54, 1.807) is 23.1 Å². The Kier molecular flexibility index (Phi) is 4.72. The lowest BCUT2D eigenvalue weighted by Crippen LogP contribution is -2.36. The standard InChI is InChI=1S/C11H15N3O2.ClH/c12-10-3-1-2-9(13-10)11(16)14(6-7-15)8-4-5-8;/h1-3,8,15H,4-7H2,(H2,12,13);1H. The quantitative estimate of drug-likeness (QED) is 0.832. The number of pyridine rings is 1.